The van der Waals surface area contributed by atoms with Gasteiger partial charge in [0.05, 0.1) is 23.0 Å². The maximum Gasteiger partial charge on any atom is 0.417 e. The number of carbonyl (C=O) groups excluding carboxylic acids is 1. The van der Waals surface area contributed by atoms with Gasteiger partial charge in [0.2, 0.25) is 0 Å². The van der Waals surface area contributed by atoms with Gasteiger partial charge in [0.15, 0.2) is 5.82 Å². The standard InChI is InChI=1S/C16H17F3N4O/c1-11-13(15(24)22-7-3-2-4-8-22)10-21-23(11)14-6-5-12(9-20-14)16(17,18)19/h5-6,9-10H,2-4,7-8H2,1H3. The highest BCUT2D eigenvalue weighted by Gasteiger charge is 2.31. The van der Waals surface area contributed by atoms with Gasteiger partial charge >= 0.3 is 6.18 Å². The number of pyridine rings is 1. The predicted octanol–water partition coefficient (Wildman–Crippen LogP) is 3.22. The molecule has 24 heavy (non-hydrogen) atoms. The fraction of sp³-hybridized carbons (Fsp3) is 0.438. The number of hydrogen-bond acceptors (Lipinski definition) is 3. The van der Waals surface area contributed by atoms with E-state index in [1.807, 2.05) is 0 Å². The third-order valence-corrected chi connectivity index (χ3v) is 4.18. The molecule has 8 heteroatoms. The summed E-state index contributed by atoms with van der Waals surface area (Å²) in [7, 11) is 0. The first-order chi connectivity index (χ1) is 11.4. The second-order valence-corrected chi connectivity index (χ2v) is 5.81. The van der Waals surface area contributed by atoms with Gasteiger partial charge in [-0.05, 0) is 38.3 Å². The number of carbonyl (C=O) groups is 1. The summed E-state index contributed by atoms with van der Waals surface area (Å²) < 4.78 is 39.2. The van der Waals surface area contributed by atoms with Crippen LogP contribution in [0.2, 0.25) is 0 Å². The first-order valence-electron chi connectivity index (χ1n) is 7.75. The lowest BCUT2D eigenvalue weighted by Crippen LogP contribution is -2.35. The summed E-state index contributed by atoms with van der Waals surface area (Å²) in [5, 5.41) is 4.12. The van der Waals surface area contributed by atoms with Crippen LogP contribution >= 0.6 is 0 Å². The van der Waals surface area contributed by atoms with E-state index in [-0.39, 0.29) is 11.7 Å². The fourth-order valence-corrected chi connectivity index (χ4v) is 2.80. The molecule has 0 aliphatic carbocycles. The lowest BCUT2D eigenvalue weighted by molar-refractivity contribution is -0.137. The Morgan fingerprint density at radius 3 is 2.42 bits per heavy atom. The van der Waals surface area contributed by atoms with Crippen LogP contribution in [0.15, 0.2) is 24.5 Å². The van der Waals surface area contributed by atoms with E-state index in [2.05, 4.69) is 10.1 Å². The lowest BCUT2D eigenvalue weighted by Gasteiger charge is -2.26. The van der Waals surface area contributed by atoms with Gasteiger partial charge in [0, 0.05) is 19.3 Å². The summed E-state index contributed by atoms with van der Waals surface area (Å²) in [6.45, 7) is 3.16. The van der Waals surface area contributed by atoms with E-state index in [9.17, 15) is 18.0 Å². The molecule has 5 nitrogen and oxygen atoms in total. The van der Waals surface area contributed by atoms with Crippen molar-refractivity contribution in [2.45, 2.75) is 32.4 Å². The number of nitrogens with zero attached hydrogens (tertiary/aromatic N) is 4. The highest BCUT2D eigenvalue weighted by atomic mass is 19.4. The zero-order valence-electron chi connectivity index (χ0n) is 13.2. The average Bonchev–Trinajstić information content (AvgIpc) is 2.96. The molecule has 3 heterocycles. The fourth-order valence-electron chi connectivity index (χ4n) is 2.80. The largest absolute Gasteiger partial charge is 0.417 e. The summed E-state index contributed by atoms with van der Waals surface area (Å²) >= 11 is 0. The quantitative estimate of drug-likeness (QED) is 0.845. The molecule has 1 saturated heterocycles. The van der Waals surface area contributed by atoms with Crippen LogP contribution in [0.4, 0.5) is 13.2 Å². The summed E-state index contributed by atoms with van der Waals surface area (Å²) in [6.07, 6.45) is 0.880. The van der Waals surface area contributed by atoms with Gasteiger partial charge in [0.25, 0.3) is 5.91 Å². The van der Waals surface area contributed by atoms with Crippen LogP contribution in [-0.4, -0.2) is 38.7 Å². The maximum atomic E-state index is 12.6. The van der Waals surface area contributed by atoms with E-state index >= 15 is 0 Å². The molecule has 0 spiro atoms. The van der Waals surface area contributed by atoms with E-state index in [4.69, 9.17) is 0 Å². The van der Waals surface area contributed by atoms with Gasteiger partial charge in [-0.3, -0.25) is 4.79 Å². The molecule has 0 N–H and O–H groups in total. The van der Waals surface area contributed by atoms with E-state index in [1.54, 1.807) is 11.8 Å². The molecule has 128 valence electrons. The number of hydrogen-bond donors (Lipinski definition) is 0. The first kappa shape index (κ1) is 16.5. The van der Waals surface area contributed by atoms with Gasteiger partial charge in [-0.15, -0.1) is 0 Å². The number of rotatable bonds is 2. The van der Waals surface area contributed by atoms with Crippen LogP contribution in [-0.2, 0) is 6.18 Å². The third-order valence-electron chi connectivity index (χ3n) is 4.18. The molecule has 0 unspecified atom stereocenters. The van der Waals surface area contributed by atoms with Crippen molar-refractivity contribution in [2.75, 3.05) is 13.1 Å². The number of halogens is 3. The van der Waals surface area contributed by atoms with Crippen molar-refractivity contribution in [3.8, 4) is 5.82 Å². The van der Waals surface area contributed by atoms with Crippen molar-refractivity contribution in [3.63, 3.8) is 0 Å². The SMILES string of the molecule is Cc1c(C(=O)N2CCCCC2)cnn1-c1ccc(C(F)(F)F)cn1. The Kier molecular flexibility index (Phi) is 4.29. The smallest absolute Gasteiger partial charge is 0.339 e. The molecule has 0 radical (unpaired) electrons. The zero-order valence-corrected chi connectivity index (χ0v) is 13.2. The Balaban J connectivity index is 1.85. The summed E-state index contributed by atoms with van der Waals surface area (Å²) in [5.74, 6) is 0.156. The van der Waals surface area contributed by atoms with Gasteiger partial charge in [-0.25, -0.2) is 9.67 Å². The minimum atomic E-state index is -4.43. The van der Waals surface area contributed by atoms with Crippen molar-refractivity contribution in [2.24, 2.45) is 0 Å². The molecule has 0 bridgehead atoms. The molecule has 0 atom stereocenters. The van der Waals surface area contributed by atoms with Crippen LogP contribution in [0.1, 0.15) is 40.9 Å². The normalized spacial score (nSPS) is 15.6. The van der Waals surface area contributed by atoms with Crippen LogP contribution in [0.3, 0.4) is 0 Å². The summed E-state index contributed by atoms with van der Waals surface area (Å²) in [5.41, 5.74) is 0.206. The molecule has 0 aromatic carbocycles. The minimum Gasteiger partial charge on any atom is -0.339 e. The van der Waals surface area contributed by atoms with Crippen molar-refractivity contribution >= 4 is 5.91 Å². The van der Waals surface area contributed by atoms with Crippen LogP contribution in [0, 0.1) is 6.92 Å². The number of amides is 1. The predicted molar refractivity (Wildman–Crippen MR) is 80.9 cm³/mol. The van der Waals surface area contributed by atoms with Crippen molar-refractivity contribution in [3.05, 3.63) is 41.3 Å². The molecule has 1 fully saturated rings. The van der Waals surface area contributed by atoms with E-state index in [0.717, 1.165) is 44.6 Å². The van der Waals surface area contributed by atoms with Gasteiger partial charge in [-0.1, -0.05) is 0 Å². The number of likely N-dealkylation sites (tertiary alicyclic amines) is 1. The molecule has 2 aromatic rings. The second-order valence-electron chi connectivity index (χ2n) is 5.81. The highest BCUT2D eigenvalue weighted by molar-refractivity contribution is 5.95. The van der Waals surface area contributed by atoms with Crippen LogP contribution in [0.5, 0.6) is 0 Å². The molecular formula is C16H17F3N4O. The maximum absolute atomic E-state index is 12.6. The van der Waals surface area contributed by atoms with Gasteiger partial charge < -0.3 is 4.90 Å². The van der Waals surface area contributed by atoms with E-state index < -0.39 is 11.7 Å². The lowest BCUT2D eigenvalue weighted by atomic mass is 10.1. The van der Waals surface area contributed by atoms with Crippen LogP contribution < -0.4 is 0 Å². The monoisotopic (exact) mass is 338 g/mol. The second kappa shape index (κ2) is 6.26. The molecule has 1 aliphatic heterocycles. The Morgan fingerprint density at radius 1 is 1.12 bits per heavy atom. The topological polar surface area (TPSA) is 51.0 Å². The summed E-state index contributed by atoms with van der Waals surface area (Å²) in [4.78, 5) is 18.2. The Morgan fingerprint density at radius 2 is 1.83 bits per heavy atom. The minimum absolute atomic E-state index is 0.0923. The van der Waals surface area contributed by atoms with E-state index in [0.29, 0.717) is 11.3 Å². The zero-order chi connectivity index (χ0) is 17.3. The summed E-state index contributed by atoms with van der Waals surface area (Å²) in [6, 6.07) is 2.20. The van der Waals surface area contributed by atoms with E-state index in [1.165, 1.54) is 16.9 Å². The van der Waals surface area contributed by atoms with Gasteiger partial charge in [0.1, 0.15) is 0 Å². The molecule has 1 aliphatic rings. The Bertz CT molecular complexity index is 731. The number of aromatic nitrogens is 3. The molecule has 3 rings (SSSR count). The third kappa shape index (κ3) is 3.13. The molecule has 1 amide bonds. The number of alkyl halides is 3. The average molecular weight is 338 g/mol. The van der Waals surface area contributed by atoms with Crippen molar-refractivity contribution in [1.29, 1.82) is 0 Å². The molecule has 0 saturated carbocycles. The first-order valence-corrected chi connectivity index (χ1v) is 7.75. The highest BCUT2D eigenvalue weighted by Crippen LogP contribution is 2.29. The van der Waals surface area contributed by atoms with Crippen LogP contribution in [0.25, 0.3) is 5.82 Å². The van der Waals surface area contributed by atoms with Crippen molar-refractivity contribution in [1.82, 2.24) is 19.7 Å². The Labute approximate surface area is 137 Å². The Hall–Kier alpha value is -2.38. The van der Waals surface area contributed by atoms with Crippen molar-refractivity contribution < 1.29 is 18.0 Å². The number of piperidine rings is 1. The van der Waals surface area contributed by atoms with Gasteiger partial charge in [-0.2, -0.15) is 18.3 Å². The molecule has 2 aromatic heterocycles. The molecular weight excluding hydrogens is 321 g/mol.